The monoisotopic (exact) mass is 270 g/mol. The van der Waals surface area contributed by atoms with Crippen LogP contribution < -0.4 is 10.6 Å². The lowest BCUT2D eigenvalue weighted by molar-refractivity contribution is -0.384. The third-order valence-electron chi connectivity index (χ3n) is 2.32. The number of aliphatic hydroxyl groups is 1. The van der Waals surface area contributed by atoms with E-state index in [1.54, 1.807) is 13.1 Å². The van der Waals surface area contributed by atoms with Crippen LogP contribution in [-0.2, 0) is 4.74 Å². The first-order valence-corrected chi connectivity index (χ1v) is 5.94. The Hall–Kier alpha value is -1.93. The maximum Gasteiger partial charge on any atom is 0.311 e. The first-order valence-electron chi connectivity index (χ1n) is 5.94. The third kappa shape index (κ3) is 5.06. The molecule has 0 fully saturated rings. The molecule has 0 atom stereocenters. The van der Waals surface area contributed by atoms with Gasteiger partial charge in [0, 0.05) is 26.3 Å². The molecule has 8 heteroatoms. The van der Waals surface area contributed by atoms with Crippen LogP contribution in [0.25, 0.3) is 0 Å². The highest BCUT2D eigenvalue weighted by atomic mass is 16.6. The number of pyridine rings is 1. The highest BCUT2D eigenvalue weighted by Crippen LogP contribution is 2.23. The van der Waals surface area contributed by atoms with Gasteiger partial charge in [0.05, 0.1) is 18.1 Å². The third-order valence-corrected chi connectivity index (χ3v) is 2.32. The minimum absolute atomic E-state index is 0.00926. The Bertz CT molecular complexity index is 414. The van der Waals surface area contributed by atoms with E-state index in [0.717, 1.165) is 0 Å². The lowest BCUT2D eigenvalue weighted by atomic mass is 10.3. The van der Waals surface area contributed by atoms with Crippen molar-refractivity contribution in [2.24, 2.45) is 0 Å². The van der Waals surface area contributed by atoms with Gasteiger partial charge in [-0.25, -0.2) is 4.98 Å². The molecule has 0 saturated carbocycles. The van der Waals surface area contributed by atoms with E-state index in [-0.39, 0.29) is 18.1 Å². The van der Waals surface area contributed by atoms with Crippen molar-refractivity contribution in [2.75, 3.05) is 44.0 Å². The zero-order valence-corrected chi connectivity index (χ0v) is 10.8. The molecule has 0 aromatic carbocycles. The maximum atomic E-state index is 10.8. The quantitative estimate of drug-likeness (QED) is 0.346. The molecule has 106 valence electrons. The molecule has 1 rings (SSSR count). The smallest absolute Gasteiger partial charge is 0.311 e. The summed E-state index contributed by atoms with van der Waals surface area (Å²) in [6.45, 7) is 1.28. The molecule has 1 heterocycles. The number of ether oxygens (including phenoxy) is 1. The van der Waals surface area contributed by atoms with E-state index in [1.807, 2.05) is 0 Å². The fraction of sp³-hybridized carbons (Fsp3) is 0.545. The Morgan fingerprint density at radius 1 is 1.47 bits per heavy atom. The van der Waals surface area contributed by atoms with Gasteiger partial charge in [0.15, 0.2) is 0 Å². The number of nitro groups is 1. The Labute approximate surface area is 111 Å². The van der Waals surface area contributed by atoms with E-state index in [0.29, 0.717) is 32.0 Å². The molecule has 0 aliphatic carbocycles. The number of nitrogens with one attached hydrogen (secondary N) is 2. The second-order valence-electron chi connectivity index (χ2n) is 3.69. The van der Waals surface area contributed by atoms with Gasteiger partial charge in [0.2, 0.25) is 5.82 Å². The molecule has 0 saturated heterocycles. The van der Waals surface area contributed by atoms with Crippen LogP contribution in [0.5, 0.6) is 0 Å². The Kier molecular flexibility index (Phi) is 6.55. The minimum Gasteiger partial charge on any atom is -0.394 e. The number of nitrogens with zero attached hydrogens (tertiary/aromatic N) is 2. The average Bonchev–Trinajstić information content (AvgIpc) is 2.42. The number of hydrogen-bond acceptors (Lipinski definition) is 7. The van der Waals surface area contributed by atoms with E-state index < -0.39 is 4.92 Å². The lowest BCUT2D eigenvalue weighted by Crippen LogP contribution is -2.10. The van der Waals surface area contributed by atoms with Gasteiger partial charge < -0.3 is 20.5 Å². The standard InChI is InChI=1S/C11H18N4O4/c1-12-10-4-3-9(15(17)18)11(14-10)13-5-2-7-19-8-6-16/h3-4,16H,2,5-8H2,1H3,(H2,12,13,14). The predicted octanol–water partition coefficient (Wildman–Crippen LogP) is 0.842. The molecule has 8 nitrogen and oxygen atoms in total. The van der Waals surface area contributed by atoms with Gasteiger partial charge in [-0.1, -0.05) is 0 Å². The van der Waals surface area contributed by atoms with Gasteiger partial charge in [-0.3, -0.25) is 10.1 Å². The van der Waals surface area contributed by atoms with Gasteiger partial charge in [0.1, 0.15) is 5.82 Å². The average molecular weight is 270 g/mol. The predicted molar refractivity (Wildman–Crippen MR) is 71.4 cm³/mol. The first-order chi connectivity index (χ1) is 9.19. The molecule has 0 spiro atoms. The molecule has 19 heavy (non-hydrogen) atoms. The van der Waals surface area contributed by atoms with Crippen molar-refractivity contribution in [2.45, 2.75) is 6.42 Å². The molecule has 1 aromatic heterocycles. The molecular weight excluding hydrogens is 252 g/mol. The number of anilines is 2. The van der Waals surface area contributed by atoms with Crippen molar-refractivity contribution in [3.63, 3.8) is 0 Å². The van der Waals surface area contributed by atoms with Crippen LogP contribution in [-0.4, -0.2) is 48.4 Å². The Morgan fingerprint density at radius 3 is 2.89 bits per heavy atom. The summed E-state index contributed by atoms with van der Waals surface area (Å²) in [5.74, 6) is 0.795. The van der Waals surface area contributed by atoms with E-state index in [2.05, 4.69) is 15.6 Å². The van der Waals surface area contributed by atoms with Crippen LogP contribution in [0.1, 0.15) is 6.42 Å². The van der Waals surface area contributed by atoms with Gasteiger partial charge in [-0.2, -0.15) is 0 Å². The minimum atomic E-state index is -0.475. The molecule has 0 bridgehead atoms. The maximum absolute atomic E-state index is 10.8. The van der Waals surface area contributed by atoms with Gasteiger partial charge in [-0.05, 0) is 12.5 Å². The number of rotatable bonds is 9. The van der Waals surface area contributed by atoms with Gasteiger partial charge in [-0.15, -0.1) is 0 Å². The van der Waals surface area contributed by atoms with Crippen molar-refractivity contribution in [1.82, 2.24) is 4.98 Å². The molecule has 0 amide bonds. The van der Waals surface area contributed by atoms with Crippen LogP contribution in [0.2, 0.25) is 0 Å². The lowest BCUT2D eigenvalue weighted by Gasteiger charge is -2.08. The van der Waals surface area contributed by atoms with Crippen LogP contribution in [0.3, 0.4) is 0 Å². The summed E-state index contributed by atoms with van der Waals surface area (Å²) in [6.07, 6.45) is 0.669. The van der Waals surface area contributed by atoms with Crippen LogP contribution in [0.15, 0.2) is 12.1 Å². The summed E-state index contributed by atoms with van der Waals surface area (Å²) in [5.41, 5.74) is -0.0599. The zero-order chi connectivity index (χ0) is 14.1. The molecule has 3 N–H and O–H groups in total. The van der Waals surface area contributed by atoms with Crippen molar-refractivity contribution >= 4 is 17.3 Å². The first kappa shape index (κ1) is 15.1. The molecule has 0 unspecified atom stereocenters. The summed E-state index contributed by atoms with van der Waals surface area (Å²) < 4.78 is 5.09. The van der Waals surface area contributed by atoms with Gasteiger partial charge in [0.25, 0.3) is 0 Å². The van der Waals surface area contributed by atoms with Crippen LogP contribution >= 0.6 is 0 Å². The summed E-state index contributed by atoms with van der Waals surface area (Å²) in [7, 11) is 1.70. The van der Waals surface area contributed by atoms with E-state index >= 15 is 0 Å². The zero-order valence-electron chi connectivity index (χ0n) is 10.8. The normalized spacial score (nSPS) is 10.2. The molecule has 1 aromatic rings. The fourth-order valence-electron chi connectivity index (χ4n) is 1.42. The summed E-state index contributed by atoms with van der Waals surface area (Å²) in [5, 5.41) is 25.1. The highest BCUT2D eigenvalue weighted by Gasteiger charge is 2.15. The number of hydrogen-bond donors (Lipinski definition) is 3. The molecule has 0 radical (unpaired) electrons. The second-order valence-corrected chi connectivity index (χ2v) is 3.69. The van der Waals surface area contributed by atoms with Crippen molar-refractivity contribution in [1.29, 1.82) is 0 Å². The second kappa shape index (κ2) is 8.22. The van der Waals surface area contributed by atoms with E-state index in [9.17, 15) is 10.1 Å². The Morgan fingerprint density at radius 2 is 2.26 bits per heavy atom. The van der Waals surface area contributed by atoms with Gasteiger partial charge >= 0.3 is 5.69 Å². The van der Waals surface area contributed by atoms with Crippen molar-refractivity contribution in [3.05, 3.63) is 22.2 Å². The number of aliphatic hydroxyl groups excluding tert-OH is 1. The van der Waals surface area contributed by atoms with E-state index in [4.69, 9.17) is 9.84 Å². The highest BCUT2D eigenvalue weighted by molar-refractivity contribution is 5.60. The molecular formula is C11H18N4O4. The largest absolute Gasteiger partial charge is 0.394 e. The molecule has 0 aliphatic rings. The topological polar surface area (TPSA) is 110 Å². The summed E-state index contributed by atoms with van der Waals surface area (Å²) in [6, 6.07) is 2.96. The van der Waals surface area contributed by atoms with Crippen molar-refractivity contribution < 1.29 is 14.8 Å². The molecule has 0 aliphatic heterocycles. The SMILES string of the molecule is CNc1ccc([N+](=O)[O-])c(NCCCOCCO)n1. The van der Waals surface area contributed by atoms with Crippen LogP contribution in [0.4, 0.5) is 17.3 Å². The summed E-state index contributed by atoms with van der Waals surface area (Å²) in [4.78, 5) is 14.5. The van der Waals surface area contributed by atoms with E-state index in [1.165, 1.54) is 6.07 Å². The van der Waals surface area contributed by atoms with Crippen molar-refractivity contribution in [3.8, 4) is 0 Å². The fourth-order valence-corrected chi connectivity index (χ4v) is 1.42. The Balaban J connectivity index is 2.52. The van der Waals surface area contributed by atoms with Crippen LogP contribution in [0, 0.1) is 10.1 Å². The summed E-state index contributed by atoms with van der Waals surface area (Å²) >= 11 is 0. The number of aromatic nitrogens is 1.